The van der Waals surface area contributed by atoms with Crippen LogP contribution in [0.3, 0.4) is 0 Å². The predicted molar refractivity (Wildman–Crippen MR) is 107 cm³/mol. The number of nitriles is 1. The molecule has 1 aliphatic heterocycles. The van der Waals surface area contributed by atoms with Gasteiger partial charge < -0.3 is 9.47 Å². The first-order chi connectivity index (χ1) is 13.1. The van der Waals surface area contributed by atoms with Crippen molar-refractivity contribution in [1.29, 1.82) is 5.26 Å². The van der Waals surface area contributed by atoms with Crippen molar-refractivity contribution in [3.8, 4) is 6.07 Å². The fourth-order valence-electron chi connectivity index (χ4n) is 3.89. The molecule has 27 heavy (non-hydrogen) atoms. The average Bonchev–Trinajstić information content (AvgIpc) is 3.25. The van der Waals surface area contributed by atoms with E-state index in [0.717, 1.165) is 28.6 Å². The van der Waals surface area contributed by atoms with Crippen LogP contribution in [0.2, 0.25) is 0 Å². The van der Waals surface area contributed by atoms with Crippen LogP contribution in [0, 0.1) is 17.2 Å². The number of fused-ring (bicyclic) bond motifs is 1. The number of para-hydroxylation sites is 1. The molecule has 1 aromatic carbocycles. The maximum atomic E-state index is 12.7. The third kappa shape index (κ3) is 2.94. The lowest BCUT2D eigenvalue weighted by molar-refractivity contribution is 0.0905. The molecule has 0 bridgehead atoms. The number of anilines is 1. The summed E-state index contributed by atoms with van der Waals surface area (Å²) in [5, 5.41) is 12.5. The number of hydrogen-bond acceptors (Lipinski definition) is 5. The normalized spacial score (nSPS) is 15.0. The molecule has 136 valence electrons. The maximum absolute atomic E-state index is 12.7. The van der Waals surface area contributed by atoms with Crippen molar-refractivity contribution < 1.29 is 4.79 Å². The number of piperidine rings is 1. The molecule has 1 fully saturated rings. The summed E-state index contributed by atoms with van der Waals surface area (Å²) in [5.41, 5.74) is 1.42. The molecule has 1 saturated heterocycles. The van der Waals surface area contributed by atoms with Gasteiger partial charge >= 0.3 is 0 Å². The summed E-state index contributed by atoms with van der Waals surface area (Å²) in [4.78, 5) is 28.2. The Kier molecular flexibility index (Phi) is 4.54. The molecule has 0 N–H and O–H groups in total. The first kappa shape index (κ1) is 17.5. The Morgan fingerprint density at radius 2 is 1.93 bits per heavy atom. The standard InChI is InChI=1S/C21H19N3O2S/c1-23-17-6-3-2-5-15(17)19(16(13-22)21(23)26)24-10-8-14(9-11-24)20(25)18-7-4-12-27-18/h2-7,12,14H,8-11H2,1H3. The Morgan fingerprint density at radius 3 is 2.59 bits per heavy atom. The number of Topliss-reactive ketones (excluding diaryl/α,β-unsaturated/α-hetero) is 1. The Balaban J connectivity index is 1.68. The van der Waals surface area contributed by atoms with E-state index in [9.17, 15) is 14.9 Å². The minimum Gasteiger partial charge on any atom is -0.370 e. The highest BCUT2D eigenvalue weighted by molar-refractivity contribution is 7.12. The van der Waals surface area contributed by atoms with E-state index >= 15 is 0 Å². The summed E-state index contributed by atoms with van der Waals surface area (Å²) in [7, 11) is 1.70. The zero-order chi connectivity index (χ0) is 19.0. The first-order valence-electron chi connectivity index (χ1n) is 8.96. The molecule has 4 rings (SSSR count). The number of aryl methyl sites for hydroxylation is 1. The molecule has 0 radical (unpaired) electrons. The van der Waals surface area contributed by atoms with Crippen LogP contribution in [0.1, 0.15) is 28.1 Å². The summed E-state index contributed by atoms with van der Waals surface area (Å²) >= 11 is 1.48. The summed E-state index contributed by atoms with van der Waals surface area (Å²) in [6.07, 6.45) is 1.45. The Hall–Kier alpha value is -2.91. The van der Waals surface area contributed by atoms with Crippen LogP contribution in [0.25, 0.3) is 10.9 Å². The second kappa shape index (κ2) is 7.01. The van der Waals surface area contributed by atoms with Crippen molar-refractivity contribution in [2.24, 2.45) is 13.0 Å². The van der Waals surface area contributed by atoms with Crippen LogP contribution in [-0.4, -0.2) is 23.4 Å². The van der Waals surface area contributed by atoms with Crippen LogP contribution < -0.4 is 10.5 Å². The molecule has 0 aliphatic carbocycles. The molecule has 1 aliphatic rings. The molecule has 6 heteroatoms. The molecule has 3 aromatic rings. The molecule has 0 unspecified atom stereocenters. The van der Waals surface area contributed by atoms with E-state index in [0.29, 0.717) is 18.8 Å². The monoisotopic (exact) mass is 377 g/mol. The summed E-state index contributed by atoms with van der Waals surface area (Å²) in [5.74, 6) is 0.210. The SMILES string of the molecule is Cn1c(=O)c(C#N)c(N2CCC(C(=O)c3cccs3)CC2)c2ccccc21. The predicted octanol–water partition coefficient (Wildman–Crippen LogP) is 3.57. The van der Waals surface area contributed by atoms with E-state index < -0.39 is 0 Å². The van der Waals surface area contributed by atoms with E-state index in [2.05, 4.69) is 11.0 Å². The van der Waals surface area contributed by atoms with Crippen molar-refractivity contribution >= 4 is 33.7 Å². The van der Waals surface area contributed by atoms with Gasteiger partial charge in [0, 0.05) is 31.4 Å². The number of nitrogens with zero attached hydrogens (tertiary/aromatic N) is 3. The fraction of sp³-hybridized carbons (Fsp3) is 0.286. The molecule has 5 nitrogen and oxygen atoms in total. The third-order valence-corrected chi connectivity index (χ3v) is 6.22. The first-order valence-corrected chi connectivity index (χ1v) is 9.84. The van der Waals surface area contributed by atoms with Crippen molar-refractivity contribution in [2.75, 3.05) is 18.0 Å². The molecular weight excluding hydrogens is 358 g/mol. The summed E-state index contributed by atoms with van der Waals surface area (Å²) < 4.78 is 1.53. The van der Waals surface area contributed by atoms with E-state index in [1.807, 2.05) is 41.8 Å². The van der Waals surface area contributed by atoms with Crippen molar-refractivity contribution in [3.63, 3.8) is 0 Å². The van der Waals surface area contributed by atoms with Crippen molar-refractivity contribution in [3.05, 3.63) is 62.6 Å². The minimum atomic E-state index is -0.275. The van der Waals surface area contributed by atoms with Gasteiger partial charge in [0.05, 0.1) is 16.1 Å². The van der Waals surface area contributed by atoms with Crippen LogP contribution in [0.5, 0.6) is 0 Å². The maximum Gasteiger partial charge on any atom is 0.270 e. The van der Waals surface area contributed by atoms with Crippen LogP contribution in [0.15, 0.2) is 46.6 Å². The fourth-order valence-corrected chi connectivity index (χ4v) is 4.64. The highest BCUT2D eigenvalue weighted by Gasteiger charge is 2.29. The Labute approximate surface area is 161 Å². The highest BCUT2D eigenvalue weighted by Crippen LogP contribution is 2.32. The van der Waals surface area contributed by atoms with Crippen molar-refractivity contribution in [1.82, 2.24) is 4.57 Å². The highest BCUT2D eigenvalue weighted by atomic mass is 32.1. The number of rotatable bonds is 3. The molecule has 3 heterocycles. The number of hydrogen-bond donors (Lipinski definition) is 0. The van der Waals surface area contributed by atoms with Gasteiger partial charge in [0.2, 0.25) is 0 Å². The lowest BCUT2D eigenvalue weighted by Crippen LogP contribution is -2.38. The topological polar surface area (TPSA) is 66.1 Å². The molecule has 2 aromatic heterocycles. The number of thiophene rings is 1. The molecule has 0 saturated carbocycles. The van der Waals surface area contributed by atoms with E-state index in [1.165, 1.54) is 15.9 Å². The summed E-state index contributed by atoms with van der Waals surface area (Å²) in [6, 6.07) is 13.6. The minimum absolute atomic E-state index is 0.00300. The van der Waals surface area contributed by atoms with E-state index in [-0.39, 0.29) is 22.8 Å². The van der Waals surface area contributed by atoms with Gasteiger partial charge in [-0.3, -0.25) is 9.59 Å². The van der Waals surface area contributed by atoms with Crippen LogP contribution in [-0.2, 0) is 7.05 Å². The molecule has 0 atom stereocenters. The number of benzene rings is 1. The Morgan fingerprint density at radius 1 is 1.19 bits per heavy atom. The van der Waals surface area contributed by atoms with Gasteiger partial charge in [0.25, 0.3) is 5.56 Å². The number of carbonyl (C=O) groups is 1. The van der Waals surface area contributed by atoms with E-state index in [4.69, 9.17) is 0 Å². The van der Waals surface area contributed by atoms with Gasteiger partial charge in [-0.05, 0) is 30.4 Å². The van der Waals surface area contributed by atoms with E-state index in [1.54, 1.807) is 7.05 Å². The van der Waals surface area contributed by atoms with Gasteiger partial charge in [-0.15, -0.1) is 11.3 Å². The number of pyridine rings is 1. The lowest BCUT2D eigenvalue weighted by Gasteiger charge is -2.34. The molecule has 0 spiro atoms. The summed E-state index contributed by atoms with van der Waals surface area (Å²) in [6.45, 7) is 1.32. The quantitative estimate of drug-likeness (QED) is 0.655. The third-order valence-electron chi connectivity index (χ3n) is 5.33. The average molecular weight is 377 g/mol. The second-order valence-electron chi connectivity index (χ2n) is 6.82. The molecular formula is C21H19N3O2S. The van der Waals surface area contributed by atoms with Gasteiger partial charge in [-0.1, -0.05) is 24.3 Å². The van der Waals surface area contributed by atoms with Gasteiger partial charge in [-0.25, -0.2) is 0 Å². The number of aromatic nitrogens is 1. The van der Waals surface area contributed by atoms with Gasteiger partial charge in [-0.2, -0.15) is 5.26 Å². The number of ketones is 1. The van der Waals surface area contributed by atoms with Gasteiger partial charge in [0.1, 0.15) is 11.6 Å². The Bertz CT molecular complexity index is 1100. The van der Waals surface area contributed by atoms with Crippen molar-refractivity contribution in [2.45, 2.75) is 12.8 Å². The largest absolute Gasteiger partial charge is 0.370 e. The van der Waals surface area contributed by atoms with Gasteiger partial charge in [0.15, 0.2) is 5.78 Å². The lowest BCUT2D eigenvalue weighted by atomic mass is 9.91. The van der Waals surface area contributed by atoms with Crippen LogP contribution in [0.4, 0.5) is 5.69 Å². The second-order valence-corrected chi connectivity index (χ2v) is 7.77. The van der Waals surface area contributed by atoms with Crippen LogP contribution >= 0.6 is 11.3 Å². The zero-order valence-electron chi connectivity index (χ0n) is 15.0. The smallest absolute Gasteiger partial charge is 0.270 e. The zero-order valence-corrected chi connectivity index (χ0v) is 15.8. The number of carbonyl (C=O) groups excluding carboxylic acids is 1. The molecule has 0 amide bonds.